The molecule has 2 unspecified atom stereocenters. The first kappa shape index (κ1) is 20.3. The van der Waals surface area contributed by atoms with Crippen molar-refractivity contribution in [3.63, 3.8) is 0 Å². The minimum Gasteiger partial charge on any atom is -0.480 e. The Balaban J connectivity index is 3.13. The highest BCUT2D eigenvalue weighted by Gasteiger charge is 2.37. The summed E-state index contributed by atoms with van der Waals surface area (Å²) in [5, 5.41) is 8.94. The predicted octanol–water partition coefficient (Wildman–Crippen LogP) is 4.09. The van der Waals surface area contributed by atoms with Gasteiger partial charge in [-0.2, -0.15) is 26.3 Å². The van der Waals surface area contributed by atoms with E-state index in [-0.39, 0.29) is 24.5 Å². The van der Waals surface area contributed by atoms with Gasteiger partial charge in [0.25, 0.3) is 0 Å². The van der Waals surface area contributed by atoms with Gasteiger partial charge in [0.2, 0.25) is 0 Å². The Bertz CT molecular complexity index is 575. The van der Waals surface area contributed by atoms with Gasteiger partial charge in [-0.1, -0.05) is 6.92 Å². The SMILES string of the molecule is CC(Cc1cc(C(F)(F)F)cc(C(F)(F)F)c1)CC(C)(N)C(=O)O. The highest BCUT2D eigenvalue weighted by atomic mass is 19.4. The molecule has 2 atom stereocenters. The van der Waals surface area contributed by atoms with E-state index in [1.165, 1.54) is 13.8 Å². The van der Waals surface area contributed by atoms with E-state index >= 15 is 0 Å². The van der Waals surface area contributed by atoms with Crippen molar-refractivity contribution in [2.75, 3.05) is 0 Å². The normalized spacial score (nSPS) is 16.5. The summed E-state index contributed by atoms with van der Waals surface area (Å²) in [6.07, 6.45) is -10.1. The lowest BCUT2D eigenvalue weighted by molar-refractivity contribution is -0.144. The van der Waals surface area contributed by atoms with Crippen molar-refractivity contribution in [2.45, 2.75) is 44.6 Å². The third-order valence-corrected chi connectivity index (χ3v) is 3.49. The first-order valence-electron chi connectivity index (χ1n) is 6.93. The van der Waals surface area contributed by atoms with Crippen LogP contribution in [-0.4, -0.2) is 16.6 Å². The molecular weight excluding hydrogens is 340 g/mol. The Morgan fingerprint density at radius 3 is 1.83 bits per heavy atom. The van der Waals surface area contributed by atoms with Crippen LogP contribution in [-0.2, 0) is 23.6 Å². The molecule has 3 N–H and O–H groups in total. The largest absolute Gasteiger partial charge is 0.480 e. The summed E-state index contributed by atoms with van der Waals surface area (Å²) < 4.78 is 76.7. The van der Waals surface area contributed by atoms with Gasteiger partial charge in [-0.05, 0) is 49.4 Å². The van der Waals surface area contributed by atoms with Crippen LogP contribution in [0, 0.1) is 5.92 Å². The molecule has 0 fully saturated rings. The maximum Gasteiger partial charge on any atom is 0.416 e. The van der Waals surface area contributed by atoms with Gasteiger partial charge in [0.15, 0.2) is 0 Å². The van der Waals surface area contributed by atoms with Gasteiger partial charge in [0, 0.05) is 0 Å². The Kier molecular flexibility index (Phi) is 5.59. The second-order valence-corrected chi connectivity index (χ2v) is 6.15. The number of hydrogen-bond acceptors (Lipinski definition) is 2. The van der Waals surface area contributed by atoms with Crippen molar-refractivity contribution >= 4 is 5.97 Å². The topological polar surface area (TPSA) is 63.3 Å². The molecule has 0 saturated carbocycles. The lowest BCUT2D eigenvalue weighted by Gasteiger charge is -2.24. The molecule has 0 bridgehead atoms. The predicted molar refractivity (Wildman–Crippen MR) is 74.2 cm³/mol. The van der Waals surface area contributed by atoms with Crippen molar-refractivity contribution < 1.29 is 36.2 Å². The second kappa shape index (κ2) is 6.62. The van der Waals surface area contributed by atoms with Gasteiger partial charge in [0.05, 0.1) is 11.1 Å². The van der Waals surface area contributed by atoms with Crippen molar-refractivity contribution in [2.24, 2.45) is 11.7 Å². The molecule has 0 saturated heterocycles. The maximum atomic E-state index is 12.8. The summed E-state index contributed by atoms with van der Waals surface area (Å²) in [4.78, 5) is 11.0. The molecule has 1 aromatic carbocycles. The van der Waals surface area contributed by atoms with Crippen molar-refractivity contribution in [3.8, 4) is 0 Å². The fourth-order valence-corrected chi connectivity index (χ4v) is 2.42. The molecule has 1 rings (SSSR count). The molecule has 0 aromatic heterocycles. The number of benzene rings is 1. The monoisotopic (exact) mass is 357 g/mol. The molecule has 9 heteroatoms. The molecule has 0 aliphatic heterocycles. The van der Waals surface area contributed by atoms with Gasteiger partial charge >= 0.3 is 18.3 Å². The fourth-order valence-electron chi connectivity index (χ4n) is 2.42. The lowest BCUT2D eigenvalue weighted by atomic mass is 9.86. The van der Waals surface area contributed by atoms with Crippen LogP contribution in [0.3, 0.4) is 0 Å². The van der Waals surface area contributed by atoms with Gasteiger partial charge in [0.1, 0.15) is 5.54 Å². The smallest absolute Gasteiger partial charge is 0.416 e. The minimum absolute atomic E-state index is 0.0540. The Morgan fingerprint density at radius 1 is 1.08 bits per heavy atom. The van der Waals surface area contributed by atoms with Gasteiger partial charge in [-0.3, -0.25) is 4.79 Å². The third kappa shape index (κ3) is 5.40. The summed E-state index contributed by atoms with van der Waals surface area (Å²) in [7, 11) is 0. The first-order chi connectivity index (χ1) is 10.6. The zero-order valence-corrected chi connectivity index (χ0v) is 12.9. The van der Waals surface area contributed by atoms with E-state index in [4.69, 9.17) is 10.8 Å². The molecule has 3 nitrogen and oxygen atoms in total. The summed E-state index contributed by atoms with van der Waals surface area (Å²) in [6.45, 7) is 2.75. The quantitative estimate of drug-likeness (QED) is 0.780. The van der Waals surface area contributed by atoms with Crippen molar-refractivity contribution in [1.29, 1.82) is 0 Å². The van der Waals surface area contributed by atoms with Gasteiger partial charge in [-0.15, -0.1) is 0 Å². The molecular formula is C15H17F6NO2. The molecule has 136 valence electrons. The third-order valence-electron chi connectivity index (χ3n) is 3.49. The average molecular weight is 357 g/mol. The Morgan fingerprint density at radius 2 is 1.50 bits per heavy atom. The summed E-state index contributed by atoms with van der Waals surface area (Å²) in [5.41, 5.74) is 0.970. The summed E-state index contributed by atoms with van der Waals surface area (Å²) >= 11 is 0. The Hall–Kier alpha value is -1.77. The molecule has 24 heavy (non-hydrogen) atoms. The molecule has 0 amide bonds. The number of aliphatic carboxylic acids is 1. The van der Waals surface area contributed by atoms with Crippen LogP contribution in [0.2, 0.25) is 0 Å². The van der Waals surface area contributed by atoms with Crippen LogP contribution >= 0.6 is 0 Å². The van der Waals surface area contributed by atoms with Crippen LogP contribution in [0.5, 0.6) is 0 Å². The van der Waals surface area contributed by atoms with Crippen LogP contribution in [0.25, 0.3) is 0 Å². The van der Waals surface area contributed by atoms with E-state index < -0.39 is 40.9 Å². The molecule has 0 aliphatic carbocycles. The number of alkyl halides is 6. The summed E-state index contributed by atoms with van der Waals surface area (Å²) in [5.74, 6) is -1.82. The van der Waals surface area contributed by atoms with Gasteiger partial charge in [-0.25, -0.2) is 0 Å². The average Bonchev–Trinajstić information content (AvgIpc) is 2.35. The molecule has 0 spiro atoms. The van der Waals surface area contributed by atoms with Crippen LogP contribution in [0.15, 0.2) is 18.2 Å². The number of carboxylic acids is 1. The molecule has 0 aliphatic rings. The van der Waals surface area contributed by atoms with Gasteiger partial charge < -0.3 is 10.8 Å². The van der Waals surface area contributed by atoms with E-state index in [1.807, 2.05) is 0 Å². The molecule has 1 aromatic rings. The molecule has 0 heterocycles. The van der Waals surface area contributed by atoms with Crippen LogP contribution in [0.4, 0.5) is 26.3 Å². The highest BCUT2D eigenvalue weighted by Crippen LogP contribution is 2.37. The van der Waals surface area contributed by atoms with E-state index in [0.29, 0.717) is 12.1 Å². The number of rotatable bonds is 5. The van der Waals surface area contributed by atoms with E-state index in [1.54, 1.807) is 0 Å². The highest BCUT2D eigenvalue weighted by molar-refractivity contribution is 5.77. The summed E-state index contributed by atoms with van der Waals surface area (Å²) in [6, 6.07) is 1.33. The number of hydrogen-bond donors (Lipinski definition) is 2. The maximum absolute atomic E-state index is 12.8. The van der Waals surface area contributed by atoms with Crippen LogP contribution < -0.4 is 5.73 Å². The Labute approximate surface area is 134 Å². The standard InChI is InChI=1S/C15H17F6NO2/c1-8(7-13(2,22)12(23)24)3-9-4-10(14(16,17)18)6-11(5-9)15(19,20)21/h4-6,8H,3,7,22H2,1-2H3,(H,23,24). The number of halogens is 6. The second-order valence-electron chi connectivity index (χ2n) is 6.15. The first-order valence-corrected chi connectivity index (χ1v) is 6.93. The van der Waals surface area contributed by atoms with E-state index in [9.17, 15) is 31.1 Å². The van der Waals surface area contributed by atoms with Crippen molar-refractivity contribution in [3.05, 3.63) is 34.9 Å². The number of nitrogens with two attached hydrogens (primary N) is 1. The fraction of sp³-hybridized carbons (Fsp3) is 0.533. The lowest BCUT2D eigenvalue weighted by Crippen LogP contribution is -2.46. The molecule has 0 radical (unpaired) electrons. The van der Waals surface area contributed by atoms with E-state index in [2.05, 4.69) is 0 Å². The minimum atomic E-state index is -4.91. The number of carboxylic acid groups (broad SMARTS) is 1. The van der Waals surface area contributed by atoms with E-state index in [0.717, 1.165) is 0 Å². The van der Waals surface area contributed by atoms with Crippen molar-refractivity contribution in [1.82, 2.24) is 0 Å². The zero-order chi connectivity index (χ0) is 18.9. The van der Waals surface area contributed by atoms with Crippen LogP contribution in [0.1, 0.15) is 37.0 Å². The number of carbonyl (C=O) groups is 1. The zero-order valence-electron chi connectivity index (χ0n) is 12.9.